The van der Waals surface area contributed by atoms with Crippen LogP contribution in [0.1, 0.15) is 49.1 Å². The zero-order valence-electron chi connectivity index (χ0n) is 20.5. The molecular formula is C29H27F2NO4. The maximum absolute atomic E-state index is 13.7. The molecule has 1 unspecified atom stereocenters. The minimum atomic E-state index is -0.962. The highest BCUT2D eigenvalue weighted by molar-refractivity contribution is 6.46. The molecule has 1 atom stereocenters. The first-order valence-corrected chi connectivity index (χ1v) is 11.5. The number of Topliss-reactive ketones (excluding diaryl/α,β-unsaturated/α-hetero) is 1. The second-order valence-corrected chi connectivity index (χ2v) is 9.77. The van der Waals surface area contributed by atoms with E-state index < -0.39 is 29.4 Å². The van der Waals surface area contributed by atoms with Crippen LogP contribution in [0.25, 0.3) is 5.76 Å². The number of aliphatic hydroxyl groups is 1. The number of amides is 1. The van der Waals surface area contributed by atoms with Gasteiger partial charge in [0.1, 0.15) is 23.1 Å². The number of methoxy groups -OCH3 is 1. The van der Waals surface area contributed by atoms with Crippen LogP contribution in [-0.4, -0.2) is 28.8 Å². The average Bonchev–Trinajstić information content (AvgIpc) is 3.09. The first kappa shape index (κ1) is 25.1. The van der Waals surface area contributed by atoms with Crippen LogP contribution in [0.4, 0.5) is 8.78 Å². The molecule has 1 N–H and O–H groups in total. The Balaban J connectivity index is 1.88. The highest BCUT2D eigenvalue weighted by Gasteiger charge is 2.46. The summed E-state index contributed by atoms with van der Waals surface area (Å²) < 4.78 is 32.6. The molecule has 1 fully saturated rings. The van der Waals surface area contributed by atoms with E-state index in [9.17, 15) is 23.5 Å². The van der Waals surface area contributed by atoms with Gasteiger partial charge in [0, 0.05) is 17.7 Å². The van der Waals surface area contributed by atoms with E-state index in [-0.39, 0.29) is 23.3 Å². The molecule has 7 heteroatoms. The zero-order chi connectivity index (χ0) is 26.2. The van der Waals surface area contributed by atoms with Gasteiger partial charge < -0.3 is 14.7 Å². The van der Waals surface area contributed by atoms with Gasteiger partial charge in [-0.2, -0.15) is 0 Å². The van der Waals surface area contributed by atoms with Gasteiger partial charge >= 0.3 is 0 Å². The van der Waals surface area contributed by atoms with E-state index in [1.807, 2.05) is 20.8 Å². The number of rotatable bonds is 5. The fraction of sp³-hybridized carbons (Fsp3) is 0.241. The van der Waals surface area contributed by atoms with E-state index in [2.05, 4.69) is 0 Å². The van der Waals surface area contributed by atoms with Crippen molar-refractivity contribution in [2.75, 3.05) is 7.11 Å². The summed E-state index contributed by atoms with van der Waals surface area (Å²) in [7, 11) is 1.56. The molecule has 0 aromatic heterocycles. The largest absolute Gasteiger partial charge is 0.507 e. The van der Waals surface area contributed by atoms with E-state index in [1.165, 1.54) is 53.4 Å². The molecule has 0 radical (unpaired) electrons. The fourth-order valence-corrected chi connectivity index (χ4v) is 4.42. The Morgan fingerprint density at radius 1 is 0.944 bits per heavy atom. The van der Waals surface area contributed by atoms with Gasteiger partial charge in [-0.1, -0.05) is 45.0 Å². The Morgan fingerprint density at radius 2 is 1.53 bits per heavy atom. The molecule has 0 spiro atoms. The molecule has 3 aromatic rings. The van der Waals surface area contributed by atoms with Gasteiger partial charge in [-0.3, -0.25) is 9.59 Å². The van der Waals surface area contributed by atoms with Crippen LogP contribution in [0.5, 0.6) is 5.75 Å². The summed E-state index contributed by atoms with van der Waals surface area (Å²) in [5.74, 6) is -2.26. The Labute approximate surface area is 208 Å². The minimum Gasteiger partial charge on any atom is -0.507 e. The number of halogens is 2. The first-order valence-electron chi connectivity index (χ1n) is 11.5. The predicted molar refractivity (Wildman–Crippen MR) is 132 cm³/mol. The molecule has 0 bridgehead atoms. The molecule has 1 amide bonds. The second-order valence-electron chi connectivity index (χ2n) is 9.77. The molecule has 0 saturated carbocycles. The number of carbonyl (C=O) groups excluding carboxylic acids is 2. The van der Waals surface area contributed by atoms with Crippen molar-refractivity contribution in [2.24, 2.45) is 0 Å². The van der Waals surface area contributed by atoms with Crippen molar-refractivity contribution >= 4 is 17.4 Å². The van der Waals surface area contributed by atoms with Crippen LogP contribution in [0, 0.1) is 11.6 Å². The summed E-state index contributed by atoms with van der Waals surface area (Å²) in [5, 5.41) is 11.4. The lowest BCUT2D eigenvalue weighted by molar-refractivity contribution is -0.140. The quantitative estimate of drug-likeness (QED) is 0.274. The van der Waals surface area contributed by atoms with Crippen molar-refractivity contribution < 1.29 is 28.2 Å². The summed E-state index contributed by atoms with van der Waals surface area (Å²) in [5.41, 5.74) is 1.81. The van der Waals surface area contributed by atoms with Crippen molar-refractivity contribution in [1.29, 1.82) is 0 Å². The van der Waals surface area contributed by atoms with Gasteiger partial charge in [0.05, 0.1) is 18.7 Å². The van der Waals surface area contributed by atoms with Gasteiger partial charge in [0.2, 0.25) is 0 Å². The van der Waals surface area contributed by atoms with E-state index in [1.54, 1.807) is 25.3 Å². The summed E-state index contributed by atoms with van der Waals surface area (Å²) in [6, 6.07) is 15.1. The third kappa shape index (κ3) is 4.73. The SMILES string of the molecule is COc1ccc(/C(O)=C2/C(=O)C(=O)N(Cc3ccc(F)cc3)C2c2ccc(F)cc2)cc1C(C)(C)C. The Morgan fingerprint density at radius 3 is 2.08 bits per heavy atom. The Kier molecular flexibility index (Phi) is 6.67. The Hall–Kier alpha value is -4.00. The van der Waals surface area contributed by atoms with E-state index in [0.717, 1.165) is 5.56 Å². The van der Waals surface area contributed by atoms with E-state index >= 15 is 0 Å². The number of benzene rings is 3. The van der Waals surface area contributed by atoms with Crippen LogP contribution in [0.15, 0.2) is 72.3 Å². The standard InChI is InChI=1S/C29H27F2NO4/c1-29(2,3)22-15-19(9-14-23(22)36-4)26(33)24-25(18-7-12-21(31)13-8-18)32(28(35)27(24)34)16-17-5-10-20(30)11-6-17/h5-15,25,33H,16H2,1-4H3/b26-24-. The van der Waals surface area contributed by atoms with Crippen molar-refractivity contribution in [3.8, 4) is 5.75 Å². The lowest BCUT2D eigenvalue weighted by atomic mass is 9.84. The zero-order valence-corrected chi connectivity index (χ0v) is 20.5. The number of likely N-dealkylation sites (tertiary alicyclic amines) is 1. The number of ketones is 1. The van der Waals surface area contributed by atoms with E-state index in [4.69, 9.17) is 4.74 Å². The second kappa shape index (κ2) is 9.57. The molecule has 1 heterocycles. The number of ether oxygens (including phenoxy) is 1. The fourth-order valence-electron chi connectivity index (χ4n) is 4.42. The molecule has 5 nitrogen and oxygen atoms in total. The molecule has 36 heavy (non-hydrogen) atoms. The average molecular weight is 492 g/mol. The van der Waals surface area contributed by atoms with Gasteiger partial charge in [-0.25, -0.2) is 8.78 Å². The van der Waals surface area contributed by atoms with Crippen molar-refractivity contribution in [1.82, 2.24) is 4.90 Å². The topological polar surface area (TPSA) is 66.8 Å². The third-order valence-electron chi connectivity index (χ3n) is 6.27. The monoisotopic (exact) mass is 491 g/mol. The normalized spacial score (nSPS) is 17.5. The molecule has 4 rings (SSSR count). The molecular weight excluding hydrogens is 464 g/mol. The predicted octanol–water partition coefficient (Wildman–Crippen LogP) is 5.89. The first-order chi connectivity index (χ1) is 17.0. The van der Waals surface area contributed by atoms with Crippen molar-refractivity contribution in [3.05, 3.63) is 106 Å². The van der Waals surface area contributed by atoms with Crippen LogP contribution < -0.4 is 4.74 Å². The molecule has 0 aliphatic carbocycles. The number of hydrogen-bond acceptors (Lipinski definition) is 4. The third-order valence-corrected chi connectivity index (χ3v) is 6.27. The maximum Gasteiger partial charge on any atom is 0.295 e. The van der Waals surface area contributed by atoms with Crippen LogP contribution in [0.3, 0.4) is 0 Å². The van der Waals surface area contributed by atoms with Crippen LogP contribution >= 0.6 is 0 Å². The Bertz CT molecular complexity index is 1340. The smallest absolute Gasteiger partial charge is 0.295 e. The molecule has 1 aliphatic rings. The highest BCUT2D eigenvalue weighted by atomic mass is 19.1. The number of carbonyl (C=O) groups is 2. The number of aliphatic hydroxyl groups excluding tert-OH is 1. The van der Waals surface area contributed by atoms with E-state index in [0.29, 0.717) is 22.4 Å². The maximum atomic E-state index is 13.7. The van der Waals surface area contributed by atoms with Crippen molar-refractivity contribution in [3.63, 3.8) is 0 Å². The van der Waals surface area contributed by atoms with Gasteiger partial charge in [0.25, 0.3) is 11.7 Å². The summed E-state index contributed by atoms with van der Waals surface area (Å²) in [6.07, 6.45) is 0. The summed E-state index contributed by atoms with van der Waals surface area (Å²) in [4.78, 5) is 27.7. The molecule has 1 saturated heterocycles. The molecule has 186 valence electrons. The van der Waals surface area contributed by atoms with Gasteiger partial charge in [0.15, 0.2) is 0 Å². The van der Waals surface area contributed by atoms with Crippen LogP contribution in [-0.2, 0) is 21.5 Å². The highest BCUT2D eigenvalue weighted by Crippen LogP contribution is 2.41. The van der Waals surface area contributed by atoms with Crippen LogP contribution in [0.2, 0.25) is 0 Å². The minimum absolute atomic E-state index is 0.000466. The molecule has 3 aromatic carbocycles. The van der Waals surface area contributed by atoms with Gasteiger partial charge in [-0.05, 0) is 59.0 Å². The summed E-state index contributed by atoms with van der Waals surface area (Å²) in [6.45, 7) is 5.98. The van der Waals surface area contributed by atoms with Crippen molar-refractivity contribution in [2.45, 2.75) is 38.8 Å². The number of hydrogen-bond donors (Lipinski definition) is 1. The lowest BCUT2D eigenvalue weighted by Crippen LogP contribution is -2.29. The van der Waals surface area contributed by atoms with Gasteiger partial charge in [-0.15, -0.1) is 0 Å². The number of nitrogens with zero attached hydrogens (tertiary/aromatic N) is 1. The summed E-state index contributed by atoms with van der Waals surface area (Å²) >= 11 is 0. The lowest BCUT2D eigenvalue weighted by Gasteiger charge is -2.26. The molecule has 1 aliphatic heterocycles.